The number of aliphatic hydroxyl groups excluding tert-OH is 1. The molecule has 2 N–H and O–H groups in total. The Kier molecular flexibility index (Phi) is 6.56. The molecule has 0 saturated carbocycles. The Hall–Kier alpha value is -3.63. The topological polar surface area (TPSA) is 109 Å². The molecule has 182 valence electrons. The number of aliphatic imine (C=N–C) groups is 1. The van der Waals surface area contributed by atoms with Gasteiger partial charge in [-0.1, -0.05) is 0 Å². The summed E-state index contributed by atoms with van der Waals surface area (Å²) in [4.78, 5) is 34.9. The Morgan fingerprint density at radius 3 is 2.94 bits per heavy atom. The number of fused-ring (bicyclic) bond motifs is 2. The van der Waals surface area contributed by atoms with Crippen LogP contribution in [0.1, 0.15) is 12.1 Å². The first-order chi connectivity index (χ1) is 17.0. The summed E-state index contributed by atoms with van der Waals surface area (Å²) < 4.78 is 20.7. The molecule has 10 heteroatoms. The zero-order valence-electron chi connectivity index (χ0n) is 19.1. The lowest BCUT2D eigenvalue weighted by Gasteiger charge is -2.35. The van der Waals surface area contributed by atoms with E-state index in [4.69, 9.17) is 4.74 Å². The van der Waals surface area contributed by atoms with Crippen LogP contribution in [0.3, 0.4) is 0 Å². The molecule has 0 spiro atoms. The molecule has 0 bridgehead atoms. The molecule has 5 rings (SSSR count). The van der Waals surface area contributed by atoms with Crippen LogP contribution in [0.4, 0.5) is 10.2 Å². The van der Waals surface area contributed by atoms with E-state index in [9.17, 15) is 19.1 Å². The second-order valence-electron chi connectivity index (χ2n) is 8.86. The van der Waals surface area contributed by atoms with Gasteiger partial charge in [-0.05, 0) is 48.2 Å². The first-order valence-electron chi connectivity index (χ1n) is 11.6. The Balaban J connectivity index is 1.21. The molecule has 1 unspecified atom stereocenters. The number of carbonyl (C=O) groups is 1. The number of anilines is 1. The summed E-state index contributed by atoms with van der Waals surface area (Å²) in [5.74, 6) is 0.202. The van der Waals surface area contributed by atoms with Gasteiger partial charge in [0.15, 0.2) is 18.2 Å². The molecule has 1 amide bonds. The van der Waals surface area contributed by atoms with Crippen LogP contribution in [0.15, 0.2) is 52.3 Å². The van der Waals surface area contributed by atoms with Gasteiger partial charge in [0.25, 0.3) is 11.5 Å². The molecular weight excluding hydrogens is 453 g/mol. The maximum atomic E-state index is 13.8. The number of carbonyl (C=O) groups excluding carboxylic acids is 1. The van der Waals surface area contributed by atoms with Gasteiger partial charge in [-0.25, -0.2) is 9.37 Å². The van der Waals surface area contributed by atoms with Crippen LogP contribution < -0.4 is 15.6 Å². The van der Waals surface area contributed by atoms with Crippen LogP contribution in [-0.2, 0) is 11.3 Å². The molecule has 35 heavy (non-hydrogen) atoms. The first kappa shape index (κ1) is 23.1. The maximum absolute atomic E-state index is 13.8. The van der Waals surface area contributed by atoms with Gasteiger partial charge in [-0.2, -0.15) is 0 Å². The standard InChI is InChI=1S/C25H26FN5O4/c26-18-3-1-16-2-6-24(34)31(20(16)11-18)10-9-30-8-7-21(32)17(14-30)12-27-13-19-4-5-22-25(28-19)29-23(33)15-35-22/h1-6,11,13,17,21,32H,7-10,12,14-15H2,(H,28,29,33)/t17?,21-/m1/s1. The lowest BCUT2D eigenvalue weighted by Crippen LogP contribution is -2.45. The maximum Gasteiger partial charge on any atom is 0.263 e. The Bertz CT molecular complexity index is 1340. The fraction of sp³-hybridized carbons (Fsp3) is 0.360. The number of likely N-dealkylation sites (tertiary alicyclic amines) is 1. The molecule has 2 aliphatic rings. The van der Waals surface area contributed by atoms with Crippen LogP contribution in [0.2, 0.25) is 0 Å². The third-order valence-corrected chi connectivity index (χ3v) is 6.43. The first-order valence-corrected chi connectivity index (χ1v) is 11.6. The highest BCUT2D eigenvalue weighted by Crippen LogP contribution is 2.25. The molecule has 2 aromatic heterocycles. The number of amides is 1. The van der Waals surface area contributed by atoms with Crippen molar-refractivity contribution >= 4 is 28.8 Å². The van der Waals surface area contributed by atoms with E-state index in [1.807, 2.05) is 0 Å². The van der Waals surface area contributed by atoms with E-state index in [-0.39, 0.29) is 29.8 Å². The number of ether oxygens (including phenoxy) is 1. The second kappa shape index (κ2) is 9.93. The number of nitrogens with zero attached hydrogens (tertiary/aromatic N) is 4. The summed E-state index contributed by atoms with van der Waals surface area (Å²) in [5, 5.41) is 14.0. The van der Waals surface area contributed by atoms with Crippen LogP contribution in [0.5, 0.6) is 5.75 Å². The predicted molar refractivity (Wildman–Crippen MR) is 130 cm³/mol. The van der Waals surface area contributed by atoms with Crippen LogP contribution in [0, 0.1) is 11.7 Å². The number of benzene rings is 1. The molecule has 1 saturated heterocycles. The molecule has 2 atom stereocenters. The zero-order chi connectivity index (χ0) is 24.4. The SMILES string of the molecule is O=C1COc2ccc(C=NCC3CN(CCn4c(=O)ccc5ccc(F)cc54)CC[C@H]3O)nc2N1. The van der Waals surface area contributed by atoms with Crippen molar-refractivity contribution in [2.45, 2.75) is 19.1 Å². The number of aliphatic hydroxyl groups is 1. The largest absolute Gasteiger partial charge is 0.480 e. The number of rotatable bonds is 6. The van der Waals surface area contributed by atoms with E-state index in [1.165, 1.54) is 18.2 Å². The number of aromatic nitrogens is 2. The summed E-state index contributed by atoms with van der Waals surface area (Å²) in [5.41, 5.74) is 0.995. The molecule has 1 fully saturated rings. The summed E-state index contributed by atoms with van der Waals surface area (Å²) in [6, 6.07) is 11.2. The molecule has 2 aliphatic heterocycles. The highest BCUT2D eigenvalue weighted by molar-refractivity contribution is 5.94. The summed E-state index contributed by atoms with van der Waals surface area (Å²) in [6.07, 6.45) is 1.76. The summed E-state index contributed by atoms with van der Waals surface area (Å²) in [7, 11) is 0. The third kappa shape index (κ3) is 5.23. The minimum atomic E-state index is -0.470. The van der Waals surface area contributed by atoms with E-state index in [1.54, 1.807) is 35.0 Å². The molecule has 0 aliphatic carbocycles. The lowest BCUT2D eigenvalue weighted by atomic mass is 9.95. The molecular formula is C25H26FN5O4. The van der Waals surface area contributed by atoms with E-state index in [0.29, 0.717) is 61.9 Å². The van der Waals surface area contributed by atoms with E-state index < -0.39 is 6.10 Å². The molecule has 4 heterocycles. The Morgan fingerprint density at radius 2 is 2.06 bits per heavy atom. The summed E-state index contributed by atoms with van der Waals surface area (Å²) >= 11 is 0. The van der Waals surface area contributed by atoms with Crippen molar-refractivity contribution < 1.29 is 19.0 Å². The fourth-order valence-electron chi connectivity index (χ4n) is 4.54. The number of nitrogens with one attached hydrogen (secondary N) is 1. The Morgan fingerprint density at radius 1 is 1.20 bits per heavy atom. The second-order valence-corrected chi connectivity index (χ2v) is 8.86. The van der Waals surface area contributed by atoms with Crippen LogP contribution in [0.25, 0.3) is 10.9 Å². The molecule has 9 nitrogen and oxygen atoms in total. The average Bonchev–Trinajstić information content (AvgIpc) is 2.85. The average molecular weight is 480 g/mol. The normalized spacial score (nSPS) is 20.6. The minimum Gasteiger partial charge on any atom is -0.480 e. The van der Waals surface area contributed by atoms with E-state index in [0.717, 1.165) is 5.39 Å². The Labute approximate surface area is 200 Å². The lowest BCUT2D eigenvalue weighted by molar-refractivity contribution is -0.118. The minimum absolute atomic E-state index is 0.0236. The smallest absolute Gasteiger partial charge is 0.263 e. The van der Waals surface area contributed by atoms with Crippen molar-refractivity contribution in [3.8, 4) is 5.75 Å². The van der Waals surface area contributed by atoms with Gasteiger partial charge < -0.3 is 24.6 Å². The fourth-order valence-corrected chi connectivity index (χ4v) is 4.54. The highest BCUT2D eigenvalue weighted by Gasteiger charge is 2.27. The van der Waals surface area contributed by atoms with Gasteiger partial charge in [-0.3, -0.25) is 14.6 Å². The number of piperidine rings is 1. The zero-order valence-corrected chi connectivity index (χ0v) is 19.1. The third-order valence-electron chi connectivity index (χ3n) is 6.43. The van der Waals surface area contributed by atoms with Gasteiger partial charge in [0.2, 0.25) is 0 Å². The highest BCUT2D eigenvalue weighted by atomic mass is 19.1. The summed E-state index contributed by atoms with van der Waals surface area (Å²) in [6.45, 7) is 2.77. The molecule has 1 aromatic carbocycles. The van der Waals surface area contributed by atoms with Crippen LogP contribution in [-0.4, -0.2) is 70.6 Å². The van der Waals surface area contributed by atoms with Crippen molar-refractivity contribution in [2.24, 2.45) is 10.9 Å². The number of pyridine rings is 2. The predicted octanol–water partition coefficient (Wildman–Crippen LogP) is 1.67. The molecule has 0 radical (unpaired) electrons. The monoisotopic (exact) mass is 479 g/mol. The number of hydrogen-bond acceptors (Lipinski definition) is 7. The molecule has 3 aromatic rings. The van der Waals surface area contributed by atoms with Gasteiger partial charge in [0, 0.05) is 50.9 Å². The van der Waals surface area contributed by atoms with Crippen molar-refractivity contribution in [3.63, 3.8) is 0 Å². The van der Waals surface area contributed by atoms with E-state index in [2.05, 4.69) is 20.2 Å². The van der Waals surface area contributed by atoms with Gasteiger partial charge in [0.1, 0.15) is 5.82 Å². The van der Waals surface area contributed by atoms with E-state index >= 15 is 0 Å². The van der Waals surface area contributed by atoms with Crippen LogP contribution >= 0.6 is 0 Å². The van der Waals surface area contributed by atoms with Crippen molar-refractivity contribution in [3.05, 3.63) is 64.3 Å². The van der Waals surface area contributed by atoms with Crippen molar-refractivity contribution in [2.75, 3.05) is 38.1 Å². The van der Waals surface area contributed by atoms with Crippen molar-refractivity contribution in [1.82, 2.24) is 14.5 Å². The van der Waals surface area contributed by atoms with Gasteiger partial charge >= 0.3 is 0 Å². The number of halogens is 1. The number of hydrogen-bond donors (Lipinski definition) is 2. The van der Waals surface area contributed by atoms with Gasteiger partial charge in [-0.15, -0.1) is 0 Å². The van der Waals surface area contributed by atoms with Gasteiger partial charge in [0.05, 0.1) is 17.3 Å². The quantitative estimate of drug-likeness (QED) is 0.521. The van der Waals surface area contributed by atoms with Crippen molar-refractivity contribution in [1.29, 1.82) is 0 Å².